The molecule has 0 amide bonds. The summed E-state index contributed by atoms with van der Waals surface area (Å²) in [5.74, 6) is -2.45. The molecule has 0 fully saturated rings. The van der Waals surface area contributed by atoms with Gasteiger partial charge in [-0.1, -0.05) is 0 Å². The topological polar surface area (TPSA) is 102 Å². The number of carboxylic acids is 1. The zero-order valence-corrected chi connectivity index (χ0v) is 9.10. The summed E-state index contributed by atoms with van der Waals surface area (Å²) in [5.41, 5.74) is 4.11. The van der Waals surface area contributed by atoms with E-state index in [4.69, 9.17) is 10.8 Å². The summed E-state index contributed by atoms with van der Waals surface area (Å²) >= 11 is 0. The molecule has 6 nitrogen and oxygen atoms in total. The van der Waals surface area contributed by atoms with Crippen molar-refractivity contribution in [2.45, 2.75) is 6.18 Å². The number of hydrogen-bond acceptors (Lipinski definition) is 5. The van der Waals surface area contributed by atoms with Gasteiger partial charge in [0, 0.05) is 11.3 Å². The molecular weight excluding hydrogens is 267 g/mol. The largest absolute Gasteiger partial charge is 0.475 e. The van der Waals surface area contributed by atoms with E-state index in [-0.39, 0.29) is 17.1 Å². The number of hydrogen-bond donors (Lipinski definition) is 2. The molecule has 0 atom stereocenters. The van der Waals surface area contributed by atoms with Crippen molar-refractivity contribution in [1.82, 2.24) is 10.1 Å². The second-order valence-electron chi connectivity index (χ2n) is 3.57. The zero-order valence-electron chi connectivity index (χ0n) is 9.10. The Hall–Kier alpha value is -2.58. The summed E-state index contributed by atoms with van der Waals surface area (Å²) < 4.78 is 42.3. The van der Waals surface area contributed by atoms with Crippen LogP contribution in [0.15, 0.2) is 22.7 Å². The minimum absolute atomic E-state index is 0.104. The van der Waals surface area contributed by atoms with Crippen LogP contribution in [-0.2, 0) is 6.18 Å². The molecule has 0 aliphatic rings. The van der Waals surface area contributed by atoms with Crippen LogP contribution in [0.5, 0.6) is 0 Å². The van der Waals surface area contributed by atoms with E-state index in [1.165, 1.54) is 6.07 Å². The van der Waals surface area contributed by atoms with Gasteiger partial charge in [0.1, 0.15) is 0 Å². The number of alkyl halides is 3. The SMILES string of the molecule is Nc1cc(-c2nc(C(=O)O)no2)cc(C(F)(F)F)c1. The van der Waals surface area contributed by atoms with Gasteiger partial charge in [-0.05, 0) is 23.4 Å². The highest BCUT2D eigenvalue weighted by molar-refractivity contribution is 5.83. The molecule has 2 aromatic rings. The molecule has 0 bridgehead atoms. The molecule has 0 radical (unpaired) electrons. The van der Waals surface area contributed by atoms with Crippen molar-refractivity contribution >= 4 is 11.7 Å². The molecule has 0 saturated heterocycles. The van der Waals surface area contributed by atoms with Gasteiger partial charge < -0.3 is 15.4 Å². The number of carbonyl (C=O) groups is 1. The maximum absolute atomic E-state index is 12.6. The molecule has 2 rings (SSSR count). The minimum atomic E-state index is -4.58. The number of rotatable bonds is 2. The molecule has 0 aliphatic carbocycles. The van der Waals surface area contributed by atoms with Gasteiger partial charge in [0.2, 0.25) is 0 Å². The zero-order chi connectivity index (χ0) is 14.2. The Kier molecular flexibility index (Phi) is 2.89. The fraction of sp³-hybridized carbons (Fsp3) is 0.100. The summed E-state index contributed by atoms with van der Waals surface area (Å²) in [6, 6.07) is 2.67. The number of nitrogens with two attached hydrogens (primary N) is 1. The Morgan fingerprint density at radius 2 is 2.00 bits per heavy atom. The highest BCUT2D eigenvalue weighted by atomic mass is 19.4. The number of benzene rings is 1. The van der Waals surface area contributed by atoms with Crippen LogP contribution in [0.2, 0.25) is 0 Å². The standard InChI is InChI=1S/C10H6F3N3O3/c11-10(12,13)5-1-4(2-6(14)3-5)8-15-7(9(17)18)16-19-8/h1-3H,14H2,(H,17,18). The molecule has 0 unspecified atom stereocenters. The van der Waals surface area contributed by atoms with Crippen LogP contribution in [0.25, 0.3) is 11.5 Å². The number of halogens is 3. The average molecular weight is 273 g/mol. The van der Waals surface area contributed by atoms with Crippen molar-refractivity contribution in [2.24, 2.45) is 0 Å². The number of aromatic nitrogens is 2. The maximum atomic E-state index is 12.6. The number of nitrogens with zero attached hydrogens (tertiary/aromatic N) is 2. The summed E-state index contributed by atoms with van der Waals surface area (Å²) in [5, 5.41) is 11.7. The van der Waals surface area contributed by atoms with Gasteiger partial charge in [0.05, 0.1) is 5.56 Å². The van der Waals surface area contributed by atoms with Gasteiger partial charge in [0.15, 0.2) is 0 Å². The lowest BCUT2D eigenvalue weighted by Gasteiger charge is -2.08. The van der Waals surface area contributed by atoms with Gasteiger partial charge in [-0.3, -0.25) is 0 Å². The third-order valence-corrected chi connectivity index (χ3v) is 2.15. The predicted octanol–water partition coefficient (Wildman–Crippen LogP) is 2.04. The van der Waals surface area contributed by atoms with E-state index < -0.39 is 23.5 Å². The monoisotopic (exact) mass is 273 g/mol. The predicted molar refractivity (Wildman–Crippen MR) is 56.1 cm³/mol. The molecule has 19 heavy (non-hydrogen) atoms. The van der Waals surface area contributed by atoms with Gasteiger partial charge in [-0.15, -0.1) is 0 Å². The summed E-state index contributed by atoms with van der Waals surface area (Å²) in [6.07, 6.45) is -4.58. The second-order valence-corrected chi connectivity index (χ2v) is 3.57. The van der Waals surface area contributed by atoms with E-state index in [9.17, 15) is 18.0 Å². The van der Waals surface area contributed by atoms with Gasteiger partial charge in [-0.2, -0.15) is 18.2 Å². The lowest BCUT2D eigenvalue weighted by Crippen LogP contribution is -2.06. The van der Waals surface area contributed by atoms with Crippen molar-refractivity contribution in [3.05, 3.63) is 29.6 Å². The number of aromatic carboxylic acids is 1. The lowest BCUT2D eigenvalue weighted by molar-refractivity contribution is -0.137. The molecule has 1 aromatic carbocycles. The van der Waals surface area contributed by atoms with Crippen molar-refractivity contribution in [1.29, 1.82) is 0 Å². The first-order valence-corrected chi connectivity index (χ1v) is 4.82. The van der Waals surface area contributed by atoms with Crippen LogP contribution in [-0.4, -0.2) is 21.2 Å². The van der Waals surface area contributed by atoms with Crippen LogP contribution in [0, 0.1) is 0 Å². The van der Waals surface area contributed by atoms with Crippen molar-refractivity contribution in [3.8, 4) is 11.5 Å². The first-order chi connectivity index (χ1) is 8.77. The van der Waals surface area contributed by atoms with E-state index in [0.717, 1.165) is 12.1 Å². The van der Waals surface area contributed by atoms with Crippen LogP contribution >= 0.6 is 0 Å². The van der Waals surface area contributed by atoms with Gasteiger partial charge in [-0.25, -0.2) is 4.79 Å². The van der Waals surface area contributed by atoms with Crippen molar-refractivity contribution in [2.75, 3.05) is 5.73 Å². The van der Waals surface area contributed by atoms with Gasteiger partial charge >= 0.3 is 12.1 Å². The Bertz CT molecular complexity index is 636. The van der Waals surface area contributed by atoms with Crippen LogP contribution < -0.4 is 5.73 Å². The quantitative estimate of drug-likeness (QED) is 0.811. The minimum Gasteiger partial charge on any atom is -0.475 e. The van der Waals surface area contributed by atoms with E-state index in [1.807, 2.05) is 0 Å². The van der Waals surface area contributed by atoms with Crippen molar-refractivity contribution in [3.63, 3.8) is 0 Å². The van der Waals surface area contributed by atoms with E-state index in [0.29, 0.717) is 0 Å². The normalized spacial score (nSPS) is 11.5. The van der Waals surface area contributed by atoms with E-state index >= 15 is 0 Å². The van der Waals surface area contributed by atoms with Crippen LogP contribution in [0.1, 0.15) is 16.2 Å². The first-order valence-electron chi connectivity index (χ1n) is 4.82. The summed E-state index contributed by atoms with van der Waals surface area (Å²) in [4.78, 5) is 14.0. The fourth-order valence-electron chi connectivity index (χ4n) is 1.37. The smallest absolute Gasteiger partial charge is 0.416 e. The van der Waals surface area contributed by atoms with Gasteiger partial charge in [0.25, 0.3) is 11.7 Å². The number of carboxylic acid groups (broad SMARTS) is 1. The van der Waals surface area contributed by atoms with E-state index in [2.05, 4.69) is 14.7 Å². The van der Waals surface area contributed by atoms with Crippen LogP contribution in [0.4, 0.5) is 18.9 Å². The molecular formula is C10H6F3N3O3. The Morgan fingerprint density at radius 3 is 2.53 bits per heavy atom. The first kappa shape index (κ1) is 12.9. The van der Waals surface area contributed by atoms with E-state index in [1.54, 1.807) is 0 Å². The summed E-state index contributed by atoms with van der Waals surface area (Å²) in [7, 11) is 0. The third kappa shape index (κ3) is 2.64. The average Bonchev–Trinajstić information content (AvgIpc) is 2.76. The molecule has 1 aromatic heterocycles. The highest BCUT2D eigenvalue weighted by Crippen LogP contribution is 2.33. The summed E-state index contributed by atoms with van der Waals surface area (Å²) in [6.45, 7) is 0. The maximum Gasteiger partial charge on any atom is 0.416 e. The molecule has 0 aliphatic heterocycles. The second kappa shape index (κ2) is 4.26. The molecule has 3 N–H and O–H groups in total. The third-order valence-electron chi connectivity index (χ3n) is 2.15. The fourth-order valence-corrected chi connectivity index (χ4v) is 1.37. The Balaban J connectivity index is 2.50. The van der Waals surface area contributed by atoms with Crippen LogP contribution in [0.3, 0.4) is 0 Å². The Labute approximate surface area is 103 Å². The Morgan fingerprint density at radius 1 is 1.32 bits per heavy atom. The molecule has 0 spiro atoms. The van der Waals surface area contributed by atoms with Crippen molar-refractivity contribution < 1.29 is 27.6 Å². The molecule has 100 valence electrons. The highest BCUT2D eigenvalue weighted by Gasteiger charge is 2.31. The molecule has 0 saturated carbocycles. The molecule has 9 heteroatoms. The number of anilines is 1. The molecule has 1 heterocycles. The number of nitrogen functional groups attached to an aromatic ring is 1. The lowest BCUT2D eigenvalue weighted by atomic mass is 10.1.